The van der Waals surface area contributed by atoms with Crippen LogP contribution in [0, 0.1) is 13.8 Å². The fourth-order valence-corrected chi connectivity index (χ4v) is 1.84. The monoisotopic (exact) mass is 239 g/mol. The summed E-state index contributed by atoms with van der Waals surface area (Å²) in [4.78, 5) is 4.35. The van der Waals surface area contributed by atoms with Crippen LogP contribution >= 0.6 is 8.25 Å². The summed E-state index contributed by atoms with van der Waals surface area (Å²) in [6, 6.07) is 3.53. The molecule has 6 heteroatoms. The Bertz CT molecular complexity index is 550. The minimum atomic E-state index is -2.13. The molecule has 2 heterocycles. The Balaban J connectivity index is 2.54. The summed E-state index contributed by atoms with van der Waals surface area (Å²) in [6.07, 6.45) is 1.89. The third-order valence-electron chi connectivity index (χ3n) is 2.41. The average Bonchev–Trinajstić information content (AvgIpc) is 2.57. The minimum Gasteiger partial charge on any atom is -0.301 e. The van der Waals surface area contributed by atoms with Gasteiger partial charge in [-0.05, 0) is 26.0 Å². The summed E-state index contributed by atoms with van der Waals surface area (Å²) in [6.45, 7) is 3.89. The van der Waals surface area contributed by atoms with Crippen LogP contribution in [-0.2, 0) is 9.09 Å². The molecule has 0 bridgehead atoms. The van der Waals surface area contributed by atoms with Gasteiger partial charge in [0.2, 0.25) is 5.75 Å². The number of aromatic nitrogens is 2. The quantitative estimate of drug-likeness (QED) is 0.772. The van der Waals surface area contributed by atoms with E-state index in [1.165, 1.54) is 7.11 Å². The fourth-order valence-electron chi connectivity index (χ4n) is 1.46. The van der Waals surface area contributed by atoms with Crippen LogP contribution in [0.2, 0.25) is 0 Å². The molecule has 0 aliphatic heterocycles. The number of hydrogen-bond acceptors (Lipinski definition) is 4. The van der Waals surface area contributed by atoms with E-state index < -0.39 is 8.25 Å². The Hall–Kier alpha value is -1.45. The lowest BCUT2D eigenvalue weighted by atomic mass is 10.4. The SMILES string of the molecule is CO[P+](=O)Oc1cccn2c(C)c(C)nc12. The van der Waals surface area contributed by atoms with Gasteiger partial charge in [-0.2, -0.15) is 0 Å². The third-order valence-corrected chi connectivity index (χ3v) is 3.06. The van der Waals surface area contributed by atoms with E-state index in [9.17, 15) is 4.57 Å². The number of hydrogen-bond donors (Lipinski definition) is 0. The van der Waals surface area contributed by atoms with E-state index in [4.69, 9.17) is 4.52 Å². The number of rotatable bonds is 3. The first kappa shape index (κ1) is 11.0. The van der Waals surface area contributed by atoms with Gasteiger partial charge in [-0.3, -0.25) is 0 Å². The van der Waals surface area contributed by atoms with Crippen molar-refractivity contribution in [2.45, 2.75) is 13.8 Å². The number of pyridine rings is 1. The molecule has 2 rings (SSSR count). The molecule has 2 aromatic rings. The summed E-state index contributed by atoms with van der Waals surface area (Å²) >= 11 is 0. The molecule has 2 aromatic heterocycles. The van der Waals surface area contributed by atoms with Gasteiger partial charge in [0.25, 0.3) is 0 Å². The van der Waals surface area contributed by atoms with E-state index in [0.717, 1.165) is 11.4 Å². The zero-order valence-corrected chi connectivity index (χ0v) is 10.2. The molecule has 0 aromatic carbocycles. The molecule has 0 aliphatic carbocycles. The molecule has 1 unspecified atom stereocenters. The number of aryl methyl sites for hydroxylation is 2. The van der Waals surface area contributed by atoms with Gasteiger partial charge in [0.1, 0.15) is 0 Å². The molecular formula is C10H12N2O3P+. The van der Waals surface area contributed by atoms with E-state index in [2.05, 4.69) is 9.51 Å². The van der Waals surface area contributed by atoms with Crippen LogP contribution in [0.25, 0.3) is 5.65 Å². The summed E-state index contributed by atoms with van der Waals surface area (Å²) in [5.41, 5.74) is 2.61. The maximum atomic E-state index is 11.2. The van der Waals surface area contributed by atoms with Gasteiger partial charge in [0.05, 0.1) is 12.8 Å². The average molecular weight is 239 g/mol. The summed E-state index contributed by atoms with van der Waals surface area (Å²) in [5, 5.41) is 0. The van der Waals surface area contributed by atoms with Crippen molar-refractivity contribution in [2.75, 3.05) is 7.11 Å². The van der Waals surface area contributed by atoms with Gasteiger partial charge in [-0.1, -0.05) is 0 Å². The van der Waals surface area contributed by atoms with Crippen molar-refractivity contribution >= 4 is 13.9 Å². The Morgan fingerprint density at radius 2 is 2.19 bits per heavy atom. The van der Waals surface area contributed by atoms with E-state index in [1.54, 1.807) is 6.07 Å². The molecule has 0 N–H and O–H groups in total. The second-order valence-corrected chi connectivity index (χ2v) is 4.34. The van der Waals surface area contributed by atoms with Gasteiger partial charge < -0.3 is 4.40 Å². The summed E-state index contributed by atoms with van der Waals surface area (Å²) in [5.74, 6) is 0.460. The molecule has 5 nitrogen and oxygen atoms in total. The number of nitrogens with zero attached hydrogens (tertiary/aromatic N) is 2. The van der Waals surface area contributed by atoms with Gasteiger partial charge in [-0.25, -0.2) is 9.51 Å². The topological polar surface area (TPSA) is 52.8 Å². The van der Waals surface area contributed by atoms with Crippen LogP contribution in [0.1, 0.15) is 11.4 Å². The first-order chi connectivity index (χ1) is 7.63. The number of imidazole rings is 1. The van der Waals surface area contributed by atoms with Crippen LogP contribution in [0.3, 0.4) is 0 Å². The molecule has 84 valence electrons. The fraction of sp³-hybridized carbons (Fsp3) is 0.300. The van der Waals surface area contributed by atoms with E-state index in [0.29, 0.717) is 11.4 Å². The lowest BCUT2D eigenvalue weighted by molar-refractivity contribution is 0.349. The van der Waals surface area contributed by atoms with Crippen LogP contribution in [0.15, 0.2) is 18.3 Å². The first-order valence-electron chi connectivity index (χ1n) is 4.77. The molecule has 0 radical (unpaired) electrons. The predicted molar refractivity (Wildman–Crippen MR) is 59.9 cm³/mol. The Morgan fingerprint density at radius 3 is 2.88 bits per heavy atom. The molecule has 0 saturated carbocycles. The third kappa shape index (κ3) is 1.79. The van der Waals surface area contributed by atoms with E-state index in [1.807, 2.05) is 30.5 Å². The molecule has 0 amide bonds. The summed E-state index contributed by atoms with van der Waals surface area (Å²) < 4.78 is 22.8. The standard InChI is InChI=1S/C10H12N2O3P/c1-7-8(2)12-6-4-5-9(10(12)11-7)15-16(13)14-3/h4-6H,1-3H3/q+1. The van der Waals surface area contributed by atoms with Crippen molar-refractivity contribution in [1.82, 2.24) is 9.38 Å². The van der Waals surface area contributed by atoms with Crippen LogP contribution in [0.5, 0.6) is 5.75 Å². The van der Waals surface area contributed by atoms with Gasteiger partial charge >= 0.3 is 8.25 Å². The zero-order chi connectivity index (χ0) is 11.7. The Morgan fingerprint density at radius 1 is 1.44 bits per heavy atom. The second kappa shape index (κ2) is 4.20. The molecule has 1 atom stereocenters. The van der Waals surface area contributed by atoms with E-state index >= 15 is 0 Å². The Kier molecular flexibility index (Phi) is 2.90. The van der Waals surface area contributed by atoms with Crippen molar-refractivity contribution in [2.24, 2.45) is 0 Å². The highest BCUT2D eigenvalue weighted by atomic mass is 31.1. The molecular weight excluding hydrogens is 227 g/mol. The minimum absolute atomic E-state index is 0.460. The van der Waals surface area contributed by atoms with Crippen molar-refractivity contribution in [1.29, 1.82) is 0 Å². The Labute approximate surface area is 94.0 Å². The molecule has 16 heavy (non-hydrogen) atoms. The highest BCUT2D eigenvalue weighted by Gasteiger charge is 2.22. The normalized spacial score (nSPS) is 11.8. The van der Waals surface area contributed by atoms with Crippen LogP contribution in [0.4, 0.5) is 0 Å². The predicted octanol–water partition coefficient (Wildman–Crippen LogP) is 2.63. The molecule has 0 fully saturated rings. The van der Waals surface area contributed by atoms with Gasteiger partial charge in [0, 0.05) is 16.5 Å². The molecule has 0 saturated heterocycles. The highest BCUT2D eigenvalue weighted by molar-refractivity contribution is 7.33. The van der Waals surface area contributed by atoms with E-state index in [-0.39, 0.29) is 0 Å². The van der Waals surface area contributed by atoms with Crippen molar-refractivity contribution in [3.05, 3.63) is 29.7 Å². The first-order valence-corrected chi connectivity index (χ1v) is 5.86. The van der Waals surface area contributed by atoms with Crippen LogP contribution < -0.4 is 4.52 Å². The smallest absolute Gasteiger partial charge is 0.301 e. The van der Waals surface area contributed by atoms with Crippen molar-refractivity contribution in [3.63, 3.8) is 0 Å². The lowest BCUT2D eigenvalue weighted by Gasteiger charge is -1.97. The van der Waals surface area contributed by atoms with Gasteiger partial charge in [0.15, 0.2) is 5.65 Å². The summed E-state index contributed by atoms with van der Waals surface area (Å²) in [7, 11) is -0.797. The molecule has 0 spiro atoms. The van der Waals surface area contributed by atoms with Crippen LogP contribution in [-0.4, -0.2) is 16.5 Å². The highest BCUT2D eigenvalue weighted by Crippen LogP contribution is 2.30. The maximum absolute atomic E-state index is 11.2. The van der Waals surface area contributed by atoms with Crippen molar-refractivity contribution < 1.29 is 13.6 Å². The molecule has 0 aliphatic rings. The van der Waals surface area contributed by atoms with Gasteiger partial charge in [-0.15, -0.1) is 4.52 Å². The lowest BCUT2D eigenvalue weighted by Crippen LogP contribution is -1.90. The van der Waals surface area contributed by atoms with Crippen molar-refractivity contribution in [3.8, 4) is 5.75 Å². The number of fused-ring (bicyclic) bond motifs is 1. The largest absolute Gasteiger partial charge is 0.749 e. The second-order valence-electron chi connectivity index (χ2n) is 3.35. The zero-order valence-electron chi connectivity index (χ0n) is 9.30. The maximum Gasteiger partial charge on any atom is 0.749 e.